The minimum atomic E-state index is -1.27. The van der Waals surface area contributed by atoms with Crippen LogP contribution in [0.15, 0.2) is 25.3 Å². The largest absolute Gasteiger partial charge is 0.386 e. The van der Waals surface area contributed by atoms with Gasteiger partial charge in [0.25, 0.3) is 0 Å². The second-order valence-electron chi connectivity index (χ2n) is 1.82. The normalized spacial score (nSPS) is 8.29. The molecule has 7 nitrogen and oxygen atoms in total. The van der Waals surface area contributed by atoms with Crippen LogP contribution in [0.1, 0.15) is 0 Å². The highest BCUT2D eigenvalue weighted by Gasteiger charge is 2.18. The van der Waals surface area contributed by atoms with Gasteiger partial charge in [-0.2, -0.15) is 0 Å². The molecule has 0 radical (unpaired) electrons. The van der Waals surface area contributed by atoms with Crippen molar-refractivity contribution in [3.05, 3.63) is 25.3 Å². The number of amides is 2. The third-order valence-corrected chi connectivity index (χ3v) is 0.859. The number of primary amides is 1. The predicted octanol–water partition coefficient (Wildman–Crippen LogP) is -0.344. The molecule has 0 saturated carbocycles. The fourth-order valence-electron chi connectivity index (χ4n) is 0.347. The summed E-state index contributed by atoms with van der Waals surface area (Å²) in [6.45, 7) is 6.12. The molecule has 0 bridgehead atoms. The summed E-state index contributed by atoms with van der Waals surface area (Å²) in [6.07, 6.45) is 1.52. The quantitative estimate of drug-likeness (QED) is 0.485. The van der Waals surface area contributed by atoms with Gasteiger partial charge in [-0.25, -0.2) is 14.4 Å². The highest BCUT2D eigenvalue weighted by molar-refractivity contribution is 5.85. The fourth-order valence-corrected chi connectivity index (χ4v) is 0.347. The van der Waals surface area contributed by atoms with Crippen molar-refractivity contribution in [2.24, 2.45) is 5.73 Å². The molecule has 0 unspecified atom stereocenters. The summed E-state index contributed by atoms with van der Waals surface area (Å²) >= 11 is 0. The van der Waals surface area contributed by atoms with Gasteiger partial charge in [0.15, 0.2) is 0 Å². The molecule has 14 heavy (non-hydrogen) atoms. The molecule has 2 amide bonds. The minimum Gasteiger partial charge on any atom is -0.346 e. The zero-order chi connectivity index (χ0) is 11.1. The molecule has 0 aromatic carbocycles. The van der Waals surface area contributed by atoms with Crippen molar-refractivity contribution < 1.29 is 24.1 Å². The number of carbonyl (C=O) groups excluding carboxylic acids is 3. The highest BCUT2D eigenvalue weighted by Crippen LogP contribution is 1.95. The van der Waals surface area contributed by atoms with Gasteiger partial charge in [-0.1, -0.05) is 13.2 Å². The van der Waals surface area contributed by atoms with E-state index in [0.29, 0.717) is 0 Å². The topological polar surface area (TPSA) is 98.9 Å². The zero-order valence-corrected chi connectivity index (χ0v) is 7.13. The van der Waals surface area contributed by atoms with Gasteiger partial charge in [-0.3, -0.25) is 9.68 Å². The summed E-state index contributed by atoms with van der Waals surface area (Å²) in [5.41, 5.74) is 4.71. The smallest absolute Gasteiger partial charge is 0.346 e. The lowest BCUT2D eigenvalue weighted by Crippen LogP contribution is -2.38. The van der Waals surface area contributed by atoms with Crippen molar-refractivity contribution in [3.8, 4) is 0 Å². The Morgan fingerprint density at radius 2 is 1.43 bits per heavy atom. The van der Waals surface area contributed by atoms with Gasteiger partial charge in [0, 0.05) is 17.4 Å². The number of rotatable bonds is 2. The van der Waals surface area contributed by atoms with Crippen LogP contribution in [0, 0.1) is 0 Å². The van der Waals surface area contributed by atoms with Gasteiger partial charge >= 0.3 is 18.0 Å². The van der Waals surface area contributed by atoms with Crippen LogP contribution in [0.5, 0.6) is 0 Å². The minimum absolute atomic E-state index is 0.0754. The average Bonchev–Trinajstić information content (AvgIpc) is 2.16. The first-order chi connectivity index (χ1) is 6.51. The molecule has 0 aromatic heterocycles. The number of carbonyl (C=O) groups is 3. The molecule has 0 aliphatic rings. The highest BCUT2D eigenvalue weighted by atomic mass is 17.0. The van der Waals surface area contributed by atoms with E-state index >= 15 is 0 Å². The predicted molar refractivity (Wildman–Crippen MR) is 44.0 cm³/mol. The van der Waals surface area contributed by atoms with Gasteiger partial charge in [-0.15, -0.1) is 0 Å². The molecule has 0 aliphatic heterocycles. The Labute approximate surface area is 79.3 Å². The second kappa shape index (κ2) is 5.36. The Bertz CT molecular complexity index is 264. The lowest BCUT2D eigenvalue weighted by molar-refractivity contribution is -0.283. The SMILES string of the molecule is C=CC(=O)ON(OC(=O)C=C)C(N)=O. The van der Waals surface area contributed by atoms with Crippen molar-refractivity contribution in [2.75, 3.05) is 0 Å². The molecule has 0 heterocycles. The van der Waals surface area contributed by atoms with E-state index in [4.69, 9.17) is 5.73 Å². The molecule has 0 rings (SSSR count). The second-order valence-corrected chi connectivity index (χ2v) is 1.82. The number of nitrogens with two attached hydrogens (primary N) is 1. The van der Waals surface area contributed by atoms with Gasteiger partial charge in [0.1, 0.15) is 0 Å². The van der Waals surface area contributed by atoms with Crippen LogP contribution in [0.3, 0.4) is 0 Å². The van der Waals surface area contributed by atoms with Gasteiger partial charge < -0.3 is 5.73 Å². The van der Waals surface area contributed by atoms with Crippen molar-refractivity contribution in [1.29, 1.82) is 0 Å². The number of hydroxylamine groups is 2. The first kappa shape index (κ1) is 11.7. The lowest BCUT2D eigenvalue weighted by atomic mass is 10.7. The van der Waals surface area contributed by atoms with E-state index in [1.807, 2.05) is 0 Å². The average molecular weight is 200 g/mol. The Balaban J connectivity index is 4.37. The molecule has 2 N–H and O–H groups in total. The first-order valence-electron chi connectivity index (χ1n) is 3.29. The molecule has 7 heteroatoms. The Morgan fingerprint density at radius 3 is 1.64 bits per heavy atom. The summed E-state index contributed by atoms with van der Waals surface area (Å²) in [6, 6.07) is -1.27. The molecule has 0 fully saturated rings. The van der Waals surface area contributed by atoms with Gasteiger partial charge in [-0.05, 0) is 0 Å². The summed E-state index contributed by atoms with van der Waals surface area (Å²) < 4.78 is 0. The van der Waals surface area contributed by atoms with Crippen LogP contribution in [0.4, 0.5) is 4.79 Å². The van der Waals surface area contributed by atoms with E-state index in [-0.39, 0.29) is 5.23 Å². The molecule has 0 atom stereocenters. The third kappa shape index (κ3) is 3.90. The first-order valence-corrected chi connectivity index (χ1v) is 3.29. The van der Waals surface area contributed by atoms with Crippen molar-refractivity contribution in [1.82, 2.24) is 5.23 Å². The van der Waals surface area contributed by atoms with Crippen LogP contribution in [0.2, 0.25) is 0 Å². The lowest BCUT2D eigenvalue weighted by Gasteiger charge is -2.14. The summed E-state index contributed by atoms with van der Waals surface area (Å²) in [7, 11) is 0. The number of hydrogen-bond acceptors (Lipinski definition) is 5. The van der Waals surface area contributed by atoms with Crippen LogP contribution >= 0.6 is 0 Å². The zero-order valence-electron chi connectivity index (χ0n) is 7.13. The third-order valence-electron chi connectivity index (χ3n) is 0.859. The summed E-state index contributed by atoms with van der Waals surface area (Å²) in [5.74, 6) is -2.00. The monoisotopic (exact) mass is 200 g/mol. The summed E-state index contributed by atoms with van der Waals surface area (Å²) in [4.78, 5) is 40.0. The van der Waals surface area contributed by atoms with Gasteiger partial charge in [0.2, 0.25) is 0 Å². The molecule has 0 aromatic rings. The van der Waals surface area contributed by atoms with E-state index in [1.54, 1.807) is 0 Å². The van der Waals surface area contributed by atoms with E-state index < -0.39 is 18.0 Å². The van der Waals surface area contributed by atoms with Crippen LogP contribution in [0.25, 0.3) is 0 Å². The number of hydrogen-bond donors (Lipinski definition) is 1. The molecule has 0 aliphatic carbocycles. The van der Waals surface area contributed by atoms with Gasteiger partial charge in [0.05, 0.1) is 0 Å². The molecule has 0 spiro atoms. The Morgan fingerprint density at radius 1 is 1.07 bits per heavy atom. The molecular weight excluding hydrogens is 192 g/mol. The van der Waals surface area contributed by atoms with Crippen molar-refractivity contribution >= 4 is 18.0 Å². The maximum Gasteiger partial charge on any atom is 0.386 e. The van der Waals surface area contributed by atoms with E-state index in [9.17, 15) is 14.4 Å². The van der Waals surface area contributed by atoms with E-state index in [0.717, 1.165) is 12.2 Å². The maximum absolute atomic E-state index is 10.6. The Hall–Kier alpha value is -2.31. The van der Waals surface area contributed by atoms with Crippen LogP contribution in [-0.2, 0) is 19.3 Å². The van der Waals surface area contributed by atoms with Crippen LogP contribution in [-0.4, -0.2) is 23.2 Å². The fraction of sp³-hybridized carbons (Fsp3) is 0. The van der Waals surface area contributed by atoms with Crippen molar-refractivity contribution in [3.63, 3.8) is 0 Å². The van der Waals surface area contributed by atoms with Crippen molar-refractivity contribution in [2.45, 2.75) is 0 Å². The standard InChI is InChI=1S/C7H8N2O5/c1-3-5(10)13-9(7(8)12)14-6(11)4-2/h3-4H,1-2H2,(H2,8,12). The maximum atomic E-state index is 10.6. The molecular formula is C7H8N2O5. The van der Waals surface area contributed by atoms with Crippen LogP contribution < -0.4 is 5.73 Å². The molecule has 0 saturated heterocycles. The van der Waals surface area contributed by atoms with E-state index in [2.05, 4.69) is 22.8 Å². The number of nitrogens with zero attached hydrogens (tertiary/aromatic N) is 1. The summed E-state index contributed by atoms with van der Waals surface area (Å²) in [5, 5.41) is -0.0754. The molecule has 76 valence electrons. The number of urea groups is 1. The van der Waals surface area contributed by atoms with E-state index in [1.165, 1.54) is 0 Å². The Kier molecular flexibility index (Phi) is 4.47.